The van der Waals surface area contributed by atoms with E-state index in [1.165, 1.54) is 13.5 Å². The lowest BCUT2D eigenvalue weighted by molar-refractivity contribution is -0.00890. The second kappa shape index (κ2) is 18.2. The van der Waals surface area contributed by atoms with Crippen molar-refractivity contribution in [3.8, 4) is 0 Å². The van der Waals surface area contributed by atoms with Gasteiger partial charge in [-0.2, -0.15) is 0 Å². The van der Waals surface area contributed by atoms with Gasteiger partial charge in [0.05, 0.1) is 39.1 Å². The predicted molar refractivity (Wildman–Crippen MR) is 165 cm³/mol. The smallest absolute Gasteiger partial charge is 0.406 e. The van der Waals surface area contributed by atoms with Gasteiger partial charge in [0.25, 0.3) is 0 Å². The van der Waals surface area contributed by atoms with Crippen molar-refractivity contribution in [1.82, 2.24) is 15.5 Å². The van der Waals surface area contributed by atoms with Crippen LogP contribution < -0.4 is 10.6 Å². The minimum Gasteiger partial charge on any atom is -0.453 e. The summed E-state index contributed by atoms with van der Waals surface area (Å²) in [6, 6.07) is 6.33. The average Bonchev–Trinajstić information content (AvgIpc) is 3.01. The van der Waals surface area contributed by atoms with Crippen LogP contribution >= 0.6 is 19.2 Å². The quantitative estimate of drug-likeness (QED) is 0.154. The molecule has 1 heterocycles. The molecular formula is C30H49ClN3O8P. The summed E-state index contributed by atoms with van der Waals surface area (Å²) in [7, 11) is -2.57. The second-order valence-electron chi connectivity index (χ2n) is 11.2. The molecule has 2 aliphatic rings. The van der Waals surface area contributed by atoms with E-state index < -0.39 is 25.6 Å². The maximum Gasteiger partial charge on any atom is 0.406 e. The van der Waals surface area contributed by atoms with E-state index in [4.69, 9.17) is 25.4 Å². The Balaban J connectivity index is 1.75. The van der Waals surface area contributed by atoms with Crippen molar-refractivity contribution in [2.75, 3.05) is 46.6 Å². The van der Waals surface area contributed by atoms with Gasteiger partial charge in [-0.05, 0) is 56.7 Å². The third-order valence-corrected chi connectivity index (χ3v) is 10.6. The van der Waals surface area contributed by atoms with E-state index >= 15 is 0 Å². The Hall–Kier alpha value is -1.88. The molecule has 0 radical (unpaired) electrons. The van der Waals surface area contributed by atoms with E-state index in [0.29, 0.717) is 30.5 Å². The highest BCUT2D eigenvalue weighted by atomic mass is 35.5. The van der Waals surface area contributed by atoms with Crippen molar-refractivity contribution in [1.29, 1.82) is 0 Å². The van der Waals surface area contributed by atoms with E-state index in [1.807, 2.05) is 18.2 Å². The van der Waals surface area contributed by atoms with Crippen LogP contribution in [0.3, 0.4) is 0 Å². The van der Waals surface area contributed by atoms with Crippen molar-refractivity contribution < 1.29 is 37.8 Å². The monoisotopic (exact) mass is 645 g/mol. The number of hydrogen-bond donors (Lipinski definition) is 3. The van der Waals surface area contributed by atoms with Crippen molar-refractivity contribution in [3.05, 3.63) is 34.9 Å². The van der Waals surface area contributed by atoms with E-state index in [9.17, 15) is 19.3 Å². The van der Waals surface area contributed by atoms with Gasteiger partial charge in [-0.1, -0.05) is 55.8 Å². The molecule has 244 valence electrons. The lowest BCUT2D eigenvalue weighted by Gasteiger charge is -2.39. The fourth-order valence-corrected chi connectivity index (χ4v) is 8.03. The third kappa shape index (κ3) is 10.9. The van der Waals surface area contributed by atoms with Gasteiger partial charge in [0, 0.05) is 30.6 Å². The first-order valence-electron chi connectivity index (χ1n) is 15.5. The molecule has 1 aromatic carbocycles. The molecular weight excluding hydrogens is 597 g/mol. The number of nitrogens with one attached hydrogen (secondary N) is 2. The zero-order chi connectivity index (χ0) is 31.2. The Morgan fingerprint density at radius 1 is 1.12 bits per heavy atom. The zero-order valence-corrected chi connectivity index (χ0v) is 27.3. The summed E-state index contributed by atoms with van der Waals surface area (Å²) < 4.78 is 35.4. The number of likely N-dealkylation sites (tertiary alicyclic amines) is 1. The van der Waals surface area contributed by atoms with Crippen LogP contribution in [0, 0.1) is 11.8 Å². The molecule has 13 heteroatoms. The number of methoxy groups -OCH3 is 1. The summed E-state index contributed by atoms with van der Waals surface area (Å²) >= 11 is 6.31. The standard InChI is InChI=1S/C30H49ClN3O8P/c1-4-41-43(38,42-5-2)28(35)26(19-22-11-7-6-8-12-22)33-29(36)34-17-10-14-24(21-34)27(23-13-9-15-25(31)20-23)40-18-16-32-30(37)39-3/h9,13,15,20,22,24,26-28,35H,4-8,10-12,14,16-19,21H2,1-3H3,(H,32,37)(H,33,36)/t24-,26+,27+,28+/m1/s1. The first kappa shape index (κ1) is 35.6. The highest BCUT2D eigenvalue weighted by Crippen LogP contribution is 2.54. The van der Waals surface area contributed by atoms with Crippen molar-refractivity contribution in [2.24, 2.45) is 11.8 Å². The number of carbonyl (C=O) groups excluding carboxylic acids is 2. The number of ether oxygens (including phenoxy) is 2. The van der Waals surface area contributed by atoms with Crippen LogP contribution in [-0.4, -0.2) is 80.6 Å². The van der Waals surface area contributed by atoms with Gasteiger partial charge in [-0.25, -0.2) is 9.59 Å². The zero-order valence-electron chi connectivity index (χ0n) is 25.7. The fourth-order valence-electron chi connectivity index (χ4n) is 6.10. The molecule has 0 bridgehead atoms. The normalized spacial score (nSPS) is 20.2. The van der Waals surface area contributed by atoms with Crippen molar-refractivity contribution in [2.45, 2.75) is 83.2 Å². The number of benzene rings is 1. The Morgan fingerprint density at radius 2 is 1.84 bits per heavy atom. The van der Waals surface area contributed by atoms with Crippen LogP contribution in [0.4, 0.5) is 9.59 Å². The first-order chi connectivity index (χ1) is 20.7. The number of piperidine rings is 1. The minimum absolute atomic E-state index is 0.0456. The SMILES string of the molecule is CCOP(=O)(OCC)[C@H](O)[C@H](CC1CCCCC1)NC(=O)N1CCC[C@@H]([C@@H](OCCNC(=O)OC)c2cccc(Cl)c2)C1. The van der Waals surface area contributed by atoms with Crippen LogP contribution in [0.1, 0.15) is 76.9 Å². The number of halogens is 1. The van der Waals surface area contributed by atoms with Crippen LogP contribution in [0.25, 0.3) is 0 Å². The molecule has 1 saturated heterocycles. The molecule has 11 nitrogen and oxygen atoms in total. The molecule has 1 saturated carbocycles. The fraction of sp³-hybridized carbons (Fsp3) is 0.733. The van der Waals surface area contributed by atoms with Gasteiger partial charge in [0.15, 0.2) is 5.85 Å². The van der Waals surface area contributed by atoms with Gasteiger partial charge in [-0.3, -0.25) is 4.57 Å². The lowest BCUT2D eigenvalue weighted by Crippen LogP contribution is -2.53. The van der Waals surface area contributed by atoms with Crippen molar-refractivity contribution in [3.63, 3.8) is 0 Å². The number of alkyl carbamates (subject to hydrolysis) is 1. The van der Waals surface area contributed by atoms with Gasteiger partial charge in [0.1, 0.15) is 0 Å². The number of carbonyl (C=O) groups is 2. The molecule has 0 unspecified atom stereocenters. The molecule has 0 aromatic heterocycles. The highest BCUT2D eigenvalue weighted by Gasteiger charge is 2.42. The molecule has 1 aliphatic carbocycles. The summed E-state index contributed by atoms with van der Waals surface area (Å²) in [5, 5.41) is 17.6. The maximum atomic E-state index is 13.7. The van der Waals surface area contributed by atoms with E-state index in [2.05, 4.69) is 15.4 Å². The Kier molecular flexibility index (Phi) is 15.0. The Labute approximate surface area is 260 Å². The number of nitrogens with zero attached hydrogens (tertiary/aromatic N) is 1. The molecule has 1 aromatic rings. The lowest BCUT2D eigenvalue weighted by atomic mass is 9.85. The number of amides is 3. The number of aliphatic hydroxyl groups is 1. The summed E-state index contributed by atoms with van der Waals surface area (Å²) in [5.41, 5.74) is 0.887. The van der Waals surface area contributed by atoms with Crippen LogP contribution in [0.5, 0.6) is 0 Å². The Bertz CT molecular complexity index is 1050. The van der Waals surface area contributed by atoms with E-state index in [-0.39, 0.29) is 44.4 Å². The van der Waals surface area contributed by atoms with Gasteiger partial charge in [0.2, 0.25) is 0 Å². The number of urea groups is 1. The molecule has 2 fully saturated rings. The molecule has 3 rings (SSSR count). The number of hydrogen-bond acceptors (Lipinski definition) is 8. The van der Waals surface area contributed by atoms with E-state index in [0.717, 1.165) is 44.1 Å². The van der Waals surface area contributed by atoms with Gasteiger partial charge in [-0.15, -0.1) is 0 Å². The van der Waals surface area contributed by atoms with Gasteiger partial charge < -0.3 is 39.2 Å². The molecule has 3 amide bonds. The van der Waals surface area contributed by atoms with Crippen LogP contribution in [0.15, 0.2) is 24.3 Å². The van der Waals surface area contributed by atoms with E-state index in [1.54, 1.807) is 24.8 Å². The topological polar surface area (TPSA) is 136 Å². The summed E-state index contributed by atoms with van der Waals surface area (Å²) in [6.45, 7) is 5.09. The predicted octanol–water partition coefficient (Wildman–Crippen LogP) is 6.10. The molecule has 0 spiro atoms. The summed E-state index contributed by atoms with van der Waals surface area (Å²) in [5.74, 6) is -1.22. The van der Waals surface area contributed by atoms with Crippen molar-refractivity contribution >= 4 is 31.3 Å². The third-order valence-electron chi connectivity index (χ3n) is 8.13. The first-order valence-corrected chi connectivity index (χ1v) is 17.5. The molecule has 3 N–H and O–H groups in total. The van der Waals surface area contributed by atoms with Gasteiger partial charge >= 0.3 is 19.7 Å². The largest absolute Gasteiger partial charge is 0.453 e. The highest BCUT2D eigenvalue weighted by molar-refractivity contribution is 7.54. The Morgan fingerprint density at radius 3 is 2.49 bits per heavy atom. The van der Waals surface area contributed by atoms with Crippen LogP contribution in [-0.2, 0) is 23.1 Å². The number of rotatable bonds is 15. The second-order valence-corrected chi connectivity index (χ2v) is 13.8. The maximum absolute atomic E-state index is 13.7. The average molecular weight is 646 g/mol. The molecule has 4 atom stereocenters. The molecule has 1 aliphatic heterocycles. The minimum atomic E-state index is -3.88. The summed E-state index contributed by atoms with van der Waals surface area (Å²) in [6.07, 6.45) is 6.55. The number of aliphatic hydroxyl groups excluding tert-OH is 1. The molecule has 43 heavy (non-hydrogen) atoms. The summed E-state index contributed by atoms with van der Waals surface area (Å²) in [4.78, 5) is 26.9. The van der Waals surface area contributed by atoms with Crippen LogP contribution in [0.2, 0.25) is 5.02 Å².